The fourth-order valence-electron chi connectivity index (χ4n) is 5.32. The zero-order valence-corrected chi connectivity index (χ0v) is 25.7. The van der Waals surface area contributed by atoms with Crippen LogP contribution in [-0.4, -0.2) is 59.3 Å². The molecular weight excluding hydrogens is 554 g/mol. The topological polar surface area (TPSA) is 141 Å². The van der Waals surface area contributed by atoms with Crippen molar-refractivity contribution >= 4 is 23.5 Å². The number of amides is 2. The van der Waals surface area contributed by atoms with Crippen LogP contribution in [0.2, 0.25) is 0 Å². The molecule has 0 radical (unpaired) electrons. The van der Waals surface area contributed by atoms with Crippen molar-refractivity contribution in [3.63, 3.8) is 0 Å². The zero-order valence-electron chi connectivity index (χ0n) is 25.7. The molecule has 11 heteroatoms. The van der Waals surface area contributed by atoms with Crippen LogP contribution in [0.3, 0.4) is 0 Å². The smallest absolute Gasteiger partial charge is 0.305 e. The van der Waals surface area contributed by atoms with E-state index >= 15 is 0 Å². The van der Waals surface area contributed by atoms with Gasteiger partial charge in [0.25, 0.3) is 0 Å². The lowest BCUT2D eigenvalue weighted by atomic mass is 9.95. The molecule has 0 aromatic heterocycles. The van der Waals surface area contributed by atoms with Crippen LogP contribution in [0, 0.1) is 0 Å². The van der Waals surface area contributed by atoms with Crippen LogP contribution in [-0.2, 0) is 25.5 Å². The third kappa shape index (κ3) is 8.86. The van der Waals surface area contributed by atoms with Gasteiger partial charge in [-0.25, -0.2) is 0 Å². The number of benzene rings is 1. The van der Waals surface area contributed by atoms with E-state index < -0.39 is 6.04 Å². The number of ether oxygens (including phenoxy) is 4. The van der Waals surface area contributed by atoms with E-state index in [-0.39, 0.29) is 23.2 Å². The lowest BCUT2D eigenvalue weighted by molar-refractivity contribution is -0.140. The highest BCUT2D eigenvalue weighted by molar-refractivity contribution is 5.84. The number of fused-ring (bicyclic) bond motifs is 3. The number of rotatable bonds is 15. The van der Waals surface area contributed by atoms with Gasteiger partial charge in [-0.1, -0.05) is 12.5 Å². The molecule has 0 saturated heterocycles. The number of carbonyl (C=O) groups excluding carboxylic acids is 3. The van der Waals surface area contributed by atoms with E-state index in [1.54, 1.807) is 33.5 Å². The minimum absolute atomic E-state index is 0.0614. The molecule has 0 fully saturated rings. The highest BCUT2D eigenvalue weighted by Gasteiger charge is 2.29. The quantitative estimate of drug-likeness (QED) is 0.206. The molecule has 0 saturated carbocycles. The van der Waals surface area contributed by atoms with E-state index in [9.17, 15) is 19.2 Å². The molecule has 1 aliphatic rings. The van der Waals surface area contributed by atoms with Crippen molar-refractivity contribution in [1.82, 2.24) is 10.6 Å². The Morgan fingerprint density at radius 2 is 1.65 bits per heavy atom. The van der Waals surface area contributed by atoms with Crippen LogP contribution < -0.4 is 35.6 Å². The number of esters is 1. The Hall–Kier alpha value is -4.28. The fraction of sp³-hybridized carbons (Fsp3) is 0.500. The normalized spacial score (nSPS) is 13.5. The second kappa shape index (κ2) is 16.4. The molecule has 0 unspecified atom stereocenters. The first-order chi connectivity index (χ1) is 20.7. The fourth-order valence-corrected chi connectivity index (χ4v) is 5.32. The SMILES string of the molecule is COC(=O)CCCCCNC(=O)CCCNc1ccc2c(cc1=O)[C@@H](NC(C)=O)CCc1cc(OC)c(OC)c(OC)c1-2. The van der Waals surface area contributed by atoms with Crippen LogP contribution in [0.15, 0.2) is 29.1 Å². The van der Waals surface area contributed by atoms with Gasteiger partial charge in [0, 0.05) is 38.4 Å². The van der Waals surface area contributed by atoms with Gasteiger partial charge in [0.1, 0.15) is 0 Å². The molecular formula is C32H43N3O8. The van der Waals surface area contributed by atoms with Crippen LogP contribution in [0.1, 0.15) is 69.0 Å². The van der Waals surface area contributed by atoms with Gasteiger partial charge >= 0.3 is 5.97 Å². The van der Waals surface area contributed by atoms with E-state index in [4.69, 9.17) is 14.2 Å². The number of aryl methyl sites for hydroxylation is 1. The van der Waals surface area contributed by atoms with Crippen LogP contribution >= 0.6 is 0 Å². The van der Waals surface area contributed by atoms with Crippen LogP contribution in [0.25, 0.3) is 11.1 Å². The summed E-state index contributed by atoms with van der Waals surface area (Å²) in [5.74, 6) is 0.990. The molecule has 43 heavy (non-hydrogen) atoms. The van der Waals surface area contributed by atoms with E-state index in [0.717, 1.165) is 36.0 Å². The summed E-state index contributed by atoms with van der Waals surface area (Å²) in [6.07, 6.45) is 4.77. The molecule has 0 aliphatic heterocycles. The zero-order chi connectivity index (χ0) is 31.4. The summed E-state index contributed by atoms with van der Waals surface area (Å²) >= 11 is 0. The van der Waals surface area contributed by atoms with Crippen molar-refractivity contribution in [1.29, 1.82) is 0 Å². The minimum atomic E-state index is -0.390. The van der Waals surface area contributed by atoms with Gasteiger partial charge in [-0.15, -0.1) is 0 Å². The molecule has 3 rings (SSSR count). The highest BCUT2D eigenvalue weighted by atomic mass is 16.5. The summed E-state index contributed by atoms with van der Waals surface area (Å²) in [5, 5.41) is 9.07. The molecule has 11 nitrogen and oxygen atoms in total. The lowest BCUT2D eigenvalue weighted by Gasteiger charge is -2.19. The van der Waals surface area contributed by atoms with Crippen molar-refractivity contribution in [2.75, 3.05) is 46.8 Å². The number of carbonyl (C=O) groups is 3. The van der Waals surface area contributed by atoms with Gasteiger partial charge in [0.15, 0.2) is 11.5 Å². The number of hydrogen-bond acceptors (Lipinski definition) is 9. The first-order valence-corrected chi connectivity index (χ1v) is 14.6. The highest BCUT2D eigenvalue weighted by Crippen LogP contribution is 2.50. The molecule has 0 spiro atoms. The van der Waals surface area contributed by atoms with E-state index in [1.165, 1.54) is 14.0 Å². The number of unbranched alkanes of at least 4 members (excludes halogenated alkanes) is 2. The maximum atomic E-state index is 13.4. The summed E-state index contributed by atoms with van der Waals surface area (Å²) in [4.78, 5) is 48.9. The minimum Gasteiger partial charge on any atom is -0.493 e. The second-order valence-corrected chi connectivity index (χ2v) is 10.4. The Bertz CT molecular complexity index is 1360. The maximum Gasteiger partial charge on any atom is 0.305 e. The van der Waals surface area contributed by atoms with Crippen molar-refractivity contribution < 1.29 is 33.3 Å². The van der Waals surface area contributed by atoms with Gasteiger partial charge in [-0.2, -0.15) is 0 Å². The average Bonchev–Trinajstić information content (AvgIpc) is 3.24. The van der Waals surface area contributed by atoms with Crippen molar-refractivity contribution in [2.45, 2.75) is 64.3 Å². The molecule has 1 atom stereocenters. The van der Waals surface area contributed by atoms with Gasteiger partial charge < -0.3 is 34.9 Å². The van der Waals surface area contributed by atoms with E-state index in [0.29, 0.717) is 73.7 Å². The van der Waals surface area contributed by atoms with Gasteiger partial charge in [0.2, 0.25) is 23.0 Å². The lowest BCUT2D eigenvalue weighted by Crippen LogP contribution is -2.26. The number of anilines is 1. The number of methoxy groups -OCH3 is 4. The Morgan fingerprint density at radius 3 is 2.33 bits per heavy atom. The first-order valence-electron chi connectivity index (χ1n) is 14.6. The van der Waals surface area contributed by atoms with E-state index in [1.807, 2.05) is 12.1 Å². The van der Waals surface area contributed by atoms with Crippen molar-refractivity contribution in [3.05, 3.63) is 45.6 Å². The van der Waals surface area contributed by atoms with Crippen LogP contribution in [0.4, 0.5) is 5.69 Å². The van der Waals surface area contributed by atoms with Gasteiger partial charge in [-0.3, -0.25) is 19.2 Å². The maximum absolute atomic E-state index is 13.4. The Balaban J connectivity index is 1.76. The Kier molecular flexibility index (Phi) is 12.7. The molecule has 1 aliphatic carbocycles. The van der Waals surface area contributed by atoms with Gasteiger partial charge in [0.05, 0.1) is 40.2 Å². The standard InChI is InChI=1S/C32H43N3O8/c1-20(36)35-24-14-12-21-18-27(40-2)31(42-4)32(43-5)30(21)22-13-15-25(26(37)19-23(22)24)33-17-9-10-28(38)34-16-8-6-7-11-29(39)41-3/h13,15,18-19,24H,6-12,14,16-17H2,1-5H3,(H,33,37)(H,34,38)(H,35,36)/t24-/m0/s1. The summed E-state index contributed by atoms with van der Waals surface area (Å²) in [7, 11) is 6.04. The average molecular weight is 598 g/mol. The Labute approximate surface area is 252 Å². The van der Waals surface area contributed by atoms with Gasteiger partial charge in [-0.05, 0) is 67.0 Å². The molecule has 2 aromatic rings. The Morgan fingerprint density at radius 1 is 0.884 bits per heavy atom. The largest absolute Gasteiger partial charge is 0.493 e. The third-order valence-electron chi connectivity index (χ3n) is 7.42. The summed E-state index contributed by atoms with van der Waals surface area (Å²) in [5.41, 5.74) is 3.33. The van der Waals surface area contributed by atoms with Crippen molar-refractivity contribution in [2.24, 2.45) is 0 Å². The first kappa shape index (κ1) is 33.2. The summed E-state index contributed by atoms with van der Waals surface area (Å²) in [6, 6.07) is 6.68. The molecule has 0 bridgehead atoms. The number of hydrogen-bond donors (Lipinski definition) is 3. The van der Waals surface area contributed by atoms with Crippen molar-refractivity contribution in [3.8, 4) is 28.4 Å². The number of nitrogens with one attached hydrogen (secondary N) is 3. The predicted molar refractivity (Wildman–Crippen MR) is 164 cm³/mol. The molecule has 3 N–H and O–H groups in total. The molecule has 234 valence electrons. The molecule has 2 amide bonds. The summed E-state index contributed by atoms with van der Waals surface area (Å²) < 4.78 is 21.6. The third-order valence-corrected chi connectivity index (χ3v) is 7.42. The predicted octanol–water partition coefficient (Wildman–Crippen LogP) is 3.90. The molecule has 2 aromatic carbocycles. The van der Waals surface area contributed by atoms with Crippen LogP contribution in [0.5, 0.6) is 17.2 Å². The second-order valence-electron chi connectivity index (χ2n) is 10.4. The van der Waals surface area contributed by atoms with E-state index in [2.05, 4.69) is 20.7 Å². The summed E-state index contributed by atoms with van der Waals surface area (Å²) in [6.45, 7) is 2.44. The monoisotopic (exact) mass is 597 g/mol. The molecule has 0 heterocycles.